The molecular formula is C59H88O22. The lowest BCUT2D eigenvalue weighted by molar-refractivity contribution is -0.373. The number of aliphatic hydroxyl groups excluding tert-OH is 6. The molecule has 456 valence electrons. The van der Waals surface area contributed by atoms with Gasteiger partial charge in [-0.3, -0.25) is 4.79 Å². The zero-order valence-corrected chi connectivity index (χ0v) is 48.2. The fourth-order valence-corrected chi connectivity index (χ4v) is 15.4. The minimum Gasteiger partial charge on any atom is -0.458 e. The van der Waals surface area contributed by atoms with Crippen molar-refractivity contribution in [3.63, 3.8) is 0 Å². The molecule has 8 aliphatic rings. The Bertz CT molecular complexity index is 2340. The first kappa shape index (κ1) is 62.5. The molecule has 3 saturated carbocycles. The minimum absolute atomic E-state index is 0.225. The van der Waals surface area contributed by atoms with Crippen LogP contribution in [0, 0.1) is 28.6 Å². The molecule has 4 heterocycles. The topological polar surface area (TPSA) is 296 Å². The summed E-state index contributed by atoms with van der Waals surface area (Å²) >= 11 is 0. The highest BCUT2D eigenvalue weighted by Gasteiger charge is 2.75. The first-order valence-corrected chi connectivity index (χ1v) is 28.9. The van der Waals surface area contributed by atoms with Crippen molar-refractivity contribution < 1.29 is 107 Å². The van der Waals surface area contributed by atoms with E-state index in [2.05, 4.69) is 13.0 Å². The average molecular weight is 1150 g/mol. The molecule has 7 N–H and O–H groups in total. The summed E-state index contributed by atoms with van der Waals surface area (Å²) in [6.07, 6.45) is -12.4. The Morgan fingerprint density at radius 3 is 1.96 bits per heavy atom. The number of allylic oxidation sites excluding steroid dienone is 1. The summed E-state index contributed by atoms with van der Waals surface area (Å²) in [5.74, 6) is -2.41. The normalized spacial score (nSPS) is 47.6. The number of fused-ring (bicyclic) bond motifs is 5. The maximum atomic E-state index is 13.9. The molecule has 0 aromatic heterocycles. The summed E-state index contributed by atoms with van der Waals surface area (Å²) in [4.78, 5) is 27.1. The number of hydrogen-bond donors (Lipinski definition) is 7. The molecule has 0 radical (unpaired) electrons. The Morgan fingerprint density at radius 1 is 0.728 bits per heavy atom. The van der Waals surface area contributed by atoms with E-state index < -0.39 is 176 Å². The van der Waals surface area contributed by atoms with Crippen molar-refractivity contribution >= 4 is 18.0 Å². The van der Waals surface area contributed by atoms with E-state index in [1.165, 1.54) is 27.2 Å². The van der Waals surface area contributed by atoms with Gasteiger partial charge in [0.05, 0.1) is 54.9 Å². The van der Waals surface area contributed by atoms with Crippen molar-refractivity contribution in [3.8, 4) is 0 Å². The lowest BCUT2D eigenvalue weighted by Crippen LogP contribution is -2.72. The highest BCUT2D eigenvalue weighted by molar-refractivity contribution is 5.87. The molecule has 0 amide bonds. The summed E-state index contributed by atoms with van der Waals surface area (Å²) in [6, 6.07) is 9.36. The van der Waals surface area contributed by atoms with Crippen LogP contribution in [0.1, 0.15) is 105 Å². The highest BCUT2D eigenvalue weighted by atomic mass is 16.8. The van der Waals surface area contributed by atoms with E-state index in [1.54, 1.807) is 34.0 Å². The lowest BCUT2D eigenvalue weighted by atomic mass is 9.43. The summed E-state index contributed by atoms with van der Waals surface area (Å²) < 4.78 is 81.0. The van der Waals surface area contributed by atoms with E-state index in [4.69, 9.17) is 61.6 Å². The molecule has 28 atom stereocenters. The zero-order chi connectivity index (χ0) is 58.5. The van der Waals surface area contributed by atoms with Gasteiger partial charge >= 0.3 is 11.9 Å². The Morgan fingerprint density at radius 2 is 1.35 bits per heavy atom. The van der Waals surface area contributed by atoms with Gasteiger partial charge in [-0.2, -0.15) is 0 Å². The van der Waals surface area contributed by atoms with Crippen LogP contribution in [0.4, 0.5) is 0 Å². The second-order valence-electron chi connectivity index (χ2n) is 24.2. The van der Waals surface area contributed by atoms with Crippen molar-refractivity contribution in [1.82, 2.24) is 0 Å². The Balaban J connectivity index is 0.831. The lowest BCUT2D eigenvalue weighted by Gasteiger charge is -2.65. The van der Waals surface area contributed by atoms with Crippen molar-refractivity contribution in [1.29, 1.82) is 0 Å². The van der Waals surface area contributed by atoms with E-state index in [9.17, 15) is 45.3 Å². The van der Waals surface area contributed by atoms with Gasteiger partial charge in [-0.1, -0.05) is 55.8 Å². The molecule has 22 nitrogen and oxygen atoms in total. The molecule has 4 aliphatic heterocycles. The number of methoxy groups -OCH3 is 3. The van der Waals surface area contributed by atoms with Gasteiger partial charge in [-0.25, -0.2) is 4.79 Å². The van der Waals surface area contributed by atoms with Crippen molar-refractivity contribution in [2.45, 2.75) is 240 Å². The molecule has 0 bridgehead atoms. The molecule has 0 spiro atoms. The quantitative estimate of drug-likeness (QED) is 0.0670. The molecule has 22 heteroatoms. The van der Waals surface area contributed by atoms with Crippen LogP contribution in [0.15, 0.2) is 48.1 Å². The standard InChI is InChI=1S/C59H88O22/c1-28(61)36-21-23-59(68)37-18-17-34-24-35(20-22-57(34,6)44(37)52(75-32(5)62)54(58(36,59)7)78-41(63)19-16-33-14-12-11-13-15-33)76-42-25-38(69-8)49(29(2)72-42)79-43-26-39(70-9)50(30(3)73-43)80-56-48(67)53(71-10)51(31(4)74-56)81-55-47(66)46(65)45(64)40(27-60)77-55/h11-17,19,28-31,35-40,42-56,60-61,64-68H,18,20-27H2,1-10H3/b19-16+. The third kappa shape index (κ3) is 12.0. The third-order valence-electron chi connectivity index (χ3n) is 19.6. The summed E-state index contributed by atoms with van der Waals surface area (Å²) in [5, 5.41) is 76.9. The van der Waals surface area contributed by atoms with Gasteiger partial charge in [0.2, 0.25) is 0 Å². The molecule has 7 fully saturated rings. The summed E-state index contributed by atoms with van der Waals surface area (Å²) in [5.41, 5.74) is -1.20. The van der Waals surface area contributed by atoms with Crippen LogP contribution in [0.2, 0.25) is 0 Å². The van der Waals surface area contributed by atoms with Gasteiger partial charge in [-0.15, -0.1) is 0 Å². The fraction of sp³-hybridized carbons (Fsp3) is 0.797. The van der Waals surface area contributed by atoms with Crippen molar-refractivity contribution in [2.24, 2.45) is 28.6 Å². The van der Waals surface area contributed by atoms with Crippen LogP contribution in [0.25, 0.3) is 6.08 Å². The van der Waals surface area contributed by atoms with Gasteiger partial charge in [0.1, 0.15) is 67.1 Å². The van der Waals surface area contributed by atoms with E-state index in [1.807, 2.05) is 44.2 Å². The number of hydrogen-bond acceptors (Lipinski definition) is 22. The smallest absolute Gasteiger partial charge is 0.331 e. The number of ether oxygens (including phenoxy) is 13. The first-order chi connectivity index (χ1) is 38.5. The minimum atomic E-state index is -1.68. The van der Waals surface area contributed by atoms with Gasteiger partial charge in [0.15, 0.2) is 25.2 Å². The first-order valence-electron chi connectivity index (χ1n) is 28.9. The molecule has 1 aromatic rings. The van der Waals surface area contributed by atoms with Gasteiger partial charge in [0.25, 0.3) is 0 Å². The van der Waals surface area contributed by atoms with Gasteiger partial charge in [-0.05, 0) is 95.1 Å². The molecule has 28 unspecified atom stereocenters. The van der Waals surface area contributed by atoms with E-state index in [0.29, 0.717) is 44.9 Å². The van der Waals surface area contributed by atoms with Crippen LogP contribution in [0.3, 0.4) is 0 Å². The van der Waals surface area contributed by atoms with E-state index in [0.717, 1.165) is 11.1 Å². The van der Waals surface area contributed by atoms with Crippen LogP contribution >= 0.6 is 0 Å². The number of rotatable bonds is 17. The average Bonchev–Trinajstić information content (AvgIpc) is 3.69. The molecular weight excluding hydrogens is 1060 g/mol. The molecule has 81 heavy (non-hydrogen) atoms. The van der Waals surface area contributed by atoms with E-state index >= 15 is 0 Å². The maximum absolute atomic E-state index is 13.9. The number of esters is 2. The van der Waals surface area contributed by atoms with Gasteiger partial charge < -0.3 is 97.3 Å². The number of aliphatic hydroxyl groups is 7. The fourth-order valence-electron chi connectivity index (χ4n) is 15.4. The number of benzene rings is 1. The largest absolute Gasteiger partial charge is 0.458 e. The third-order valence-corrected chi connectivity index (χ3v) is 19.6. The highest BCUT2D eigenvalue weighted by Crippen LogP contribution is 2.69. The monoisotopic (exact) mass is 1150 g/mol. The van der Waals surface area contributed by atoms with Crippen molar-refractivity contribution in [2.75, 3.05) is 27.9 Å². The molecule has 1 aromatic carbocycles. The molecule has 4 aliphatic carbocycles. The van der Waals surface area contributed by atoms with Gasteiger partial charge in [0, 0.05) is 58.5 Å². The SMILES string of the molecule is COC1CC(OC2CCC3(C)C(=CCC4C3C(OC(C)=O)C(OC(=O)/C=C/c3ccccc3)C3(C)C(C(C)O)CCC43O)C2)OC(C)C1OC1CC(OC)C(OC2OC(C)C(OC3OC(CO)C(O)C(O)C3O)C(OC)C2O)C(C)O1. The zero-order valence-electron chi connectivity index (χ0n) is 48.2. The number of carbonyl (C=O) groups is 2. The summed E-state index contributed by atoms with van der Waals surface area (Å²) in [7, 11) is 4.51. The van der Waals surface area contributed by atoms with Crippen LogP contribution < -0.4 is 0 Å². The second-order valence-corrected chi connectivity index (χ2v) is 24.2. The van der Waals surface area contributed by atoms with Crippen LogP contribution in [-0.2, 0) is 71.2 Å². The Hall–Kier alpha value is -3.08. The van der Waals surface area contributed by atoms with Crippen LogP contribution in [-0.4, -0.2) is 216 Å². The van der Waals surface area contributed by atoms with Crippen LogP contribution in [0.5, 0.6) is 0 Å². The van der Waals surface area contributed by atoms with E-state index in [-0.39, 0.29) is 18.4 Å². The number of carbonyl (C=O) groups excluding carboxylic acids is 2. The Labute approximate surface area is 474 Å². The Kier molecular flexibility index (Phi) is 19.6. The second kappa shape index (κ2) is 25.5. The van der Waals surface area contributed by atoms with Crippen molar-refractivity contribution in [3.05, 3.63) is 53.6 Å². The molecule has 4 saturated heterocycles. The maximum Gasteiger partial charge on any atom is 0.331 e. The molecule has 9 rings (SSSR count). The predicted molar refractivity (Wildman–Crippen MR) is 284 cm³/mol. The summed E-state index contributed by atoms with van der Waals surface area (Å²) in [6.45, 7) is 11.8. The predicted octanol–water partition coefficient (Wildman–Crippen LogP) is 2.60.